The summed E-state index contributed by atoms with van der Waals surface area (Å²) in [5.74, 6) is -4.01. The zero-order valence-electron chi connectivity index (χ0n) is 10.1. The van der Waals surface area contributed by atoms with E-state index in [1.165, 1.54) is 0 Å². The third-order valence-corrected chi connectivity index (χ3v) is 2.63. The normalized spacial score (nSPS) is 10.4. The molecule has 0 unspecified atom stereocenters. The van der Waals surface area contributed by atoms with Crippen molar-refractivity contribution in [2.45, 2.75) is 0 Å². The summed E-state index contributed by atoms with van der Waals surface area (Å²) in [4.78, 5) is 32.0. The first-order valence-electron chi connectivity index (χ1n) is 5.41. The van der Waals surface area contributed by atoms with Gasteiger partial charge in [0.2, 0.25) is 5.82 Å². The fourth-order valence-electron chi connectivity index (χ4n) is 1.65. The van der Waals surface area contributed by atoms with E-state index in [4.69, 9.17) is 5.11 Å². The topological polar surface area (TPSA) is 102 Å². The Hall–Kier alpha value is -3.10. The Labute approximate surface area is 114 Å². The molecule has 7 nitrogen and oxygen atoms in total. The summed E-state index contributed by atoms with van der Waals surface area (Å²) < 4.78 is 27.5. The van der Waals surface area contributed by atoms with Crippen molar-refractivity contribution in [3.63, 3.8) is 0 Å². The van der Waals surface area contributed by atoms with Gasteiger partial charge in [0.25, 0.3) is 5.56 Å². The van der Waals surface area contributed by atoms with Crippen molar-refractivity contribution in [3.05, 3.63) is 68.1 Å². The maximum Gasteiger partial charge on any atom is 0.337 e. The highest BCUT2D eigenvalue weighted by Gasteiger charge is 2.20. The molecule has 0 bridgehead atoms. The minimum atomic E-state index is -1.40. The van der Waals surface area contributed by atoms with Crippen LogP contribution in [0.5, 0.6) is 0 Å². The van der Waals surface area contributed by atoms with Crippen LogP contribution in [0.15, 0.2) is 35.3 Å². The van der Waals surface area contributed by atoms with Crippen LogP contribution in [-0.2, 0) is 0 Å². The highest BCUT2D eigenvalue weighted by molar-refractivity contribution is 5.87. The maximum absolute atomic E-state index is 13.7. The van der Waals surface area contributed by atoms with Gasteiger partial charge < -0.3 is 5.11 Å². The standard InChI is InChI=1S/C12H6F2N2O5/c13-7-3-8(14)10(16(20)21)4-9(7)15-5-6(12(18)19)1-2-11(15)17/h1-5H,(H,18,19). The number of nitro groups is 1. The van der Waals surface area contributed by atoms with E-state index in [-0.39, 0.29) is 11.6 Å². The molecule has 0 atom stereocenters. The molecule has 0 aliphatic rings. The summed E-state index contributed by atoms with van der Waals surface area (Å²) in [6.45, 7) is 0. The number of carboxylic acid groups (broad SMARTS) is 1. The minimum Gasteiger partial charge on any atom is -0.478 e. The Morgan fingerprint density at radius 1 is 1.24 bits per heavy atom. The number of carboxylic acids is 1. The fraction of sp³-hybridized carbons (Fsp3) is 0. The fourth-order valence-corrected chi connectivity index (χ4v) is 1.65. The molecule has 1 aromatic carbocycles. The molecule has 1 aromatic heterocycles. The van der Waals surface area contributed by atoms with Crippen LogP contribution in [0, 0.1) is 21.7 Å². The van der Waals surface area contributed by atoms with E-state index in [0.29, 0.717) is 10.6 Å². The Morgan fingerprint density at radius 2 is 1.90 bits per heavy atom. The number of halogens is 2. The molecule has 2 rings (SSSR count). The van der Waals surface area contributed by atoms with Gasteiger partial charge in [-0.25, -0.2) is 9.18 Å². The number of pyridine rings is 1. The van der Waals surface area contributed by atoms with Crippen molar-refractivity contribution >= 4 is 11.7 Å². The number of nitrogens with zero attached hydrogens (tertiary/aromatic N) is 2. The monoisotopic (exact) mass is 296 g/mol. The van der Waals surface area contributed by atoms with Gasteiger partial charge in [0, 0.05) is 24.4 Å². The lowest BCUT2D eigenvalue weighted by Crippen LogP contribution is -2.19. The van der Waals surface area contributed by atoms with Crippen molar-refractivity contribution in [3.8, 4) is 5.69 Å². The summed E-state index contributed by atoms with van der Waals surface area (Å²) in [5.41, 5.74) is -2.80. The molecule has 1 heterocycles. The van der Waals surface area contributed by atoms with Crippen LogP contribution in [0.3, 0.4) is 0 Å². The smallest absolute Gasteiger partial charge is 0.337 e. The van der Waals surface area contributed by atoms with Crippen LogP contribution in [-0.4, -0.2) is 20.6 Å². The van der Waals surface area contributed by atoms with Gasteiger partial charge in [0.1, 0.15) is 0 Å². The molecule has 2 aromatic rings. The molecule has 0 saturated heterocycles. The molecule has 21 heavy (non-hydrogen) atoms. The lowest BCUT2D eigenvalue weighted by Gasteiger charge is -2.08. The molecule has 0 amide bonds. The molecular weight excluding hydrogens is 290 g/mol. The second kappa shape index (κ2) is 5.12. The minimum absolute atomic E-state index is 0.257. The summed E-state index contributed by atoms with van der Waals surface area (Å²) in [6, 6.07) is 2.64. The first-order valence-corrected chi connectivity index (χ1v) is 5.41. The van der Waals surface area contributed by atoms with E-state index in [9.17, 15) is 28.5 Å². The summed E-state index contributed by atoms with van der Waals surface area (Å²) in [7, 11) is 0. The van der Waals surface area contributed by atoms with E-state index in [1.807, 2.05) is 0 Å². The molecule has 0 aliphatic carbocycles. The molecule has 0 fully saturated rings. The van der Waals surface area contributed by atoms with Crippen molar-refractivity contribution in [1.82, 2.24) is 4.57 Å². The van der Waals surface area contributed by atoms with E-state index in [2.05, 4.69) is 0 Å². The molecule has 1 N–H and O–H groups in total. The van der Waals surface area contributed by atoms with Crippen LogP contribution >= 0.6 is 0 Å². The summed E-state index contributed by atoms with van der Waals surface area (Å²) in [6.07, 6.45) is 0.796. The SMILES string of the molecule is O=C(O)c1ccc(=O)n(-c2cc([N+](=O)[O-])c(F)cc2F)c1. The van der Waals surface area contributed by atoms with Crippen molar-refractivity contribution in [1.29, 1.82) is 0 Å². The van der Waals surface area contributed by atoms with Gasteiger partial charge >= 0.3 is 11.7 Å². The Bertz CT molecular complexity index is 816. The molecular formula is C12H6F2N2O5. The van der Waals surface area contributed by atoms with Crippen LogP contribution in [0.25, 0.3) is 5.69 Å². The highest BCUT2D eigenvalue weighted by Crippen LogP contribution is 2.23. The summed E-state index contributed by atoms with van der Waals surface area (Å²) >= 11 is 0. The zero-order chi connectivity index (χ0) is 15.7. The summed E-state index contributed by atoms with van der Waals surface area (Å²) in [5, 5.41) is 19.5. The van der Waals surface area contributed by atoms with Crippen LogP contribution in [0.4, 0.5) is 14.5 Å². The van der Waals surface area contributed by atoms with Gasteiger partial charge in [-0.1, -0.05) is 0 Å². The van der Waals surface area contributed by atoms with Crippen molar-refractivity contribution in [2.75, 3.05) is 0 Å². The molecule has 9 heteroatoms. The zero-order valence-corrected chi connectivity index (χ0v) is 10.1. The number of carbonyl (C=O) groups is 1. The van der Waals surface area contributed by atoms with E-state index >= 15 is 0 Å². The van der Waals surface area contributed by atoms with Crippen molar-refractivity contribution < 1.29 is 23.6 Å². The third kappa shape index (κ3) is 2.61. The van der Waals surface area contributed by atoms with Gasteiger partial charge in [0.15, 0.2) is 5.82 Å². The Kier molecular flexibility index (Phi) is 3.49. The molecule has 0 aliphatic heterocycles. The Morgan fingerprint density at radius 3 is 2.48 bits per heavy atom. The van der Waals surface area contributed by atoms with Crippen molar-refractivity contribution in [2.24, 2.45) is 0 Å². The first kappa shape index (κ1) is 14.3. The molecule has 0 saturated carbocycles. The quantitative estimate of drug-likeness (QED) is 0.686. The third-order valence-electron chi connectivity index (χ3n) is 2.63. The van der Waals surface area contributed by atoms with Gasteiger partial charge in [-0.3, -0.25) is 19.5 Å². The average Bonchev–Trinajstić information content (AvgIpc) is 2.39. The van der Waals surface area contributed by atoms with Crippen LogP contribution < -0.4 is 5.56 Å². The maximum atomic E-state index is 13.7. The van der Waals surface area contributed by atoms with Gasteiger partial charge in [-0.15, -0.1) is 0 Å². The largest absolute Gasteiger partial charge is 0.478 e. The number of benzene rings is 1. The van der Waals surface area contributed by atoms with E-state index < -0.39 is 39.5 Å². The number of hydrogen-bond donors (Lipinski definition) is 1. The lowest BCUT2D eigenvalue weighted by atomic mass is 10.2. The van der Waals surface area contributed by atoms with Gasteiger partial charge in [0.05, 0.1) is 16.2 Å². The van der Waals surface area contributed by atoms with E-state index in [1.54, 1.807) is 0 Å². The predicted octanol–water partition coefficient (Wildman–Crippen LogP) is 1.72. The first-order chi connectivity index (χ1) is 9.81. The predicted molar refractivity (Wildman–Crippen MR) is 65.6 cm³/mol. The Balaban J connectivity index is 2.75. The average molecular weight is 296 g/mol. The second-order valence-corrected chi connectivity index (χ2v) is 3.94. The second-order valence-electron chi connectivity index (χ2n) is 3.94. The molecule has 0 spiro atoms. The number of rotatable bonds is 3. The number of nitro benzene ring substituents is 1. The van der Waals surface area contributed by atoms with Crippen LogP contribution in [0.1, 0.15) is 10.4 Å². The van der Waals surface area contributed by atoms with Gasteiger partial charge in [-0.2, -0.15) is 4.39 Å². The van der Waals surface area contributed by atoms with Gasteiger partial charge in [-0.05, 0) is 6.07 Å². The lowest BCUT2D eigenvalue weighted by molar-refractivity contribution is -0.387. The van der Waals surface area contributed by atoms with Crippen LogP contribution in [0.2, 0.25) is 0 Å². The number of aromatic carboxylic acids is 1. The van der Waals surface area contributed by atoms with E-state index in [0.717, 1.165) is 18.3 Å². The molecule has 108 valence electrons. The highest BCUT2D eigenvalue weighted by atomic mass is 19.1. The number of aromatic nitrogens is 1. The molecule has 0 radical (unpaired) electrons. The number of hydrogen-bond acceptors (Lipinski definition) is 4.